The first-order chi connectivity index (χ1) is 16.2. The molecule has 0 heterocycles. The number of benzene rings is 3. The van der Waals surface area contributed by atoms with Crippen LogP contribution in [0.5, 0.6) is 5.75 Å². The van der Waals surface area contributed by atoms with E-state index in [-0.39, 0.29) is 30.1 Å². The third-order valence-corrected chi connectivity index (χ3v) is 6.20. The van der Waals surface area contributed by atoms with E-state index < -0.39 is 17.2 Å². The minimum absolute atomic E-state index is 0.0740. The number of ether oxygens (including phenoxy) is 1. The van der Waals surface area contributed by atoms with Gasteiger partial charge in [0.05, 0.1) is 29.7 Å². The van der Waals surface area contributed by atoms with Gasteiger partial charge in [0, 0.05) is 21.9 Å². The maximum atomic E-state index is 12.8. The standard InChI is InChI=1S/C25H21F3N2O3S/c1-2-34(32)20-10-7-17(8-11-20)15-24(31)30-19-9-12-21(18(16-19)13-14-29)22-5-3-4-6-23(22)33-25(26,27)28/h3-12,16H,2,13,15H2,1H3,(H,30,31). The van der Waals surface area contributed by atoms with E-state index in [1.165, 1.54) is 18.2 Å². The number of amides is 1. The van der Waals surface area contributed by atoms with E-state index in [4.69, 9.17) is 0 Å². The Kier molecular flexibility index (Phi) is 8.08. The number of anilines is 1. The van der Waals surface area contributed by atoms with Gasteiger partial charge in [0.25, 0.3) is 0 Å². The molecular weight excluding hydrogens is 465 g/mol. The summed E-state index contributed by atoms with van der Waals surface area (Å²) in [4.78, 5) is 13.2. The van der Waals surface area contributed by atoms with Crippen LogP contribution in [0, 0.1) is 11.3 Å². The molecule has 0 radical (unpaired) electrons. The van der Waals surface area contributed by atoms with Crippen LogP contribution in [-0.4, -0.2) is 22.2 Å². The number of hydrogen-bond acceptors (Lipinski definition) is 4. The molecule has 5 nitrogen and oxygen atoms in total. The molecule has 0 saturated heterocycles. The van der Waals surface area contributed by atoms with Crippen molar-refractivity contribution in [3.63, 3.8) is 0 Å². The van der Waals surface area contributed by atoms with Crippen LogP contribution in [0.3, 0.4) is 0 Å². The van der Waals surface area contributed by atoms with Gasteiger partial charge in [-0.25, -0.2) is 0 Å². The third-order valence-electron chi connectivity index (χ3n) is 4.87. The van der Waals surface area contributed by atoms with Crippen molar-refractivity contribution in [3.05, 3.63) is 77.9 Å². The lowest BCUT2D eigenvalue weighted by molar-refractivity contribution is -0.274. The largest absolute Gasteiger partial charge is 0.573 e. The molecule has 0 aliphatic carbocycles. The molecule has 0 bridgehead atoms. The Bertz CT molecular complexity index is 1240. The molecule has 0 aliphatic heterocycles. The van der Waals surface area contributed by atoms with Crippen LogP contribution in [0.1, 0.15) is 18.1 Å². The van der Waals surface area contributed by atoms with Crippen LogP contribution < -0.4 is 10.1 Å². The number of rotatable bonds is 8. The van der Waals surface area contributed by atoms with Gasteiger partial charge in [0.15, 0.2) is 0 Å². The minimum atomic E-state index is -4.86. The Morgan fingerprint density at radius 1 is 1.06 bits per heavy atom. The van der Waals surface area contributed by atoms with Crippen molar-refractivity contribution in [1.29, 1.82) is 5.26 Å². The Hall–Kier alpha value is -3.64. The quantitative estimate of drug-likeness (QED) is 0.448. The van der Waals surface area contributed by atoms with Crippen molar-refractivity contribution in [2.75, 3.05) is 11.1 Å². The zero-order valence-electron chi connectivity index (χ0n) is 18.2. The van der Waals surface area contributed by atoms with Gasteiger partial charge >= 0.3 is 6.36 Å². The number of halogens is 3. The fourth-order valence-electron chi connectivity index (χ4n) is 3.38. The van der Waals surface area contributed by atoms with Gasteiger partial charge in [-0.3, -0.25) is 9.00 Å². The summed E-state index contributed by atoms with van der Waals surface area (Å²) in [5.74, 6) is -0.174. The molecule has 0 aliphatic rings. The second-order valence-electron chi connectivity index (χ2n) is 7.25. The zero-order chi connectivity index (χ0) is 24.7. The number of carbonyl (C=O) groups is 1. The van der Waals surface area contributed by atoms with Crippen molar-refractivity contribution >= 4 is 22.4 Å². The highest BCUT2D eigenvalue weighted by Crippen LogP contribution is 2.36. The Balaban J connectivity index is 1.80. The lowest BCUT2D eigenvalue weighted by Crippen LogP contribution is -2.17. The first-order valence-electron chi connectivity index (χ1n) is 10.3. The highest BCUT2D eigenvalue weighted by Gasteiger charge is 2.32. The monoisotopic (exact) mass is 486 g/mol. The number of nitrogens with one attached hydrogen (secondary N) is 1. The fourth-order valence-corrected chi connectivity index (χ4v) is 4.16. The number of carbonyl (C=O) groups excluding carboxylic acids is 1. The number of nitrogens with zero attached hydrogens (tertiary/aromatic N) is 1. The molecule has 3 aromatic rings. The molecule has 3 rings (SSSR count). The van der Waals surface area contributed by atoms with Gasteiger partial charge in [-0.15, -0.1) is 13.2 Å². The molecule has 9 heteroatoms. The van der Waals surface area contributed by atoms with E-state index >= 15 is 0 Å². The first kappa shape index (κ1) is 25.0. The van der Waals surface area contributed by atoms with E-state index in [1.54, 1.807) is 48.5 Å². The van der Waals surface area contributed by atoms with Crippen LogP contribution in [0.2, 0.25) is 0 Å². The summed E-state index contributed by atoms with van der Waals surface area (Å²) >= 11 is 0. The normalized spacial score (nSPS) is 12.0. The van der Waals surface area contributed by atoms with E-state index in [0.717, 1.165) is 5.56 Å². The molecule has 0 fully saturated rings. The molecule has 0 aromatic heterocycles. The van der Waals surface area contributed by atoms with Crippen molar-refractivity contribution in [1.82, 2.24) is 0 Å². The number of nitriles is 1. The predicted molar refractivity (Wildman–Crippen MR) is 124 cm³/mol. The minimum Gasteiger partial charge on any atom is -0.405 e. The van der Waals surface area contributed by atoms with E-state index in [1.807, 2.05) is 13.0 Å². The summed E-state index contributed by atoms with van der Waals surface area (Å²) in [5.41, 5.74) is 2.19. The van der Waals surface area contributed by atoms with Gasteiger partial charge in [0.1, 0.15) is 5.75 Å². The Morgan fingerprint density at radius 2 is 1.76 bits per heavy atom. The van der Waals surface area contributed by atoms with Gasteiger partial charge < -0.3 is 10.1 Å². The smallest absolute Gasteiger partial charge is 0.405 e. The van der Waals surface area contributed by atoms with Gasteiger partial charge in [0.2, 0.25) is 5.91 Å². The summed E-state index contributed by atoms with van der Waals surface area (Å²) in [6, 6.07) is 19.3. The van der Waals surface area contributed by atoms with Crippen molar-refractivity contribution in [2.45, 2.75) is 31.0 Å². The maximum Gasteiger partial charge on any atom is 0.573 e. The van der Waals surface area contributed by atoms with Crippen molar-refractivity contribution < 1.29 is 26.9 Å². The highest BCUT2D eigenvalue weighted by atomic mass is 32.2. The van der Waals surface area contributed by atoms with Crippen LogP contribution in [0.4, 0.5) is 18.9 Å². The lowest BCUT2D eigenvalue weighted by Gasteiger charge is -2.16. The molecular formula is C25H21F3N2O3S. The second kappa shape index (κ2) is 11.0. The topological polar surface area (TPSA) is 79.2 Å². The fraction of sp³-hybridized carbons (Fsp3) is 0.200. The van der Waals surface area contributed by atoms with Crippen LogP contribution in [0.25, 0.3) is 11.1 Å². The molecule has 176 valence electrons. The maximum absolute atomic E-state index is 12.8. The average Bonchev–Trinajstić information content (AvgIpc) is 2.79. The molecule has 1 atom stereocenters. The molecule has 1 unspecified atom stereocenters. The van der Waals surface area contributed by atoms with Gasteiger partial charge in [-0.05, 0) is 47.0 Å². The van der Waals surface area contributed by atoms with Gasteiger partial charge in [-0.2, -0.15) is 5.26 Å². The Labute approximate surface area is 197 Å². The van der Waals surface area contributed by atoms with Crippen molar-refractivity contribution in [3.8, 4) is 22.9 Å². The second-order valence-corrected chi connectivity index (χ2v) is 8.99. The summed E-state index contributed by atoms with van der Waals surface area (Å²) < 4.78 is 54.4. The van der Waals surface area contributed by atoms with E-state index in [2.05, 4.69) is 10.1 Å². The molecule has 34 heavy (non-hydrogen) atoms. The Morgan fingerprint density at radius 3 is 2.41 bits per heavy atom. The molecule has 0 saturated carbocycles. The van der Waals surface area contributed by atoms with Crippen LogP contribution in [0.15, 0.2) is 71.6 Å². The van der Waals surface area contributed by atoms with Crippen molar-refractivity contribution in [2.24, 2.45) is 0 Å². The lowest BCUT2D eigenvalue weighted by atomic mass is 9.96. The average molecular weight is 487 g/mol. The summed E-state index contributed by atoms with van der Waals surface area (Å²) in [5, 5.41) is 12.0. The zero-order valence-corrected chi connectivity index (χ0v) is 19.0. The molecule has 3 aromatic carbocycles. The van der Waals surface area contributed by atoms with Crippen LogP contribution in [-0.2, 0) is 28.4 Å². The summed E-state index contributed by atoms with van der Waals surface area (Å²) in [6.07, 6.45) is -4.85. The highest BCUT2D eigenvalue weighted by molar-refractivity contribution is 7.85. The predicted octanol–water partition coefficient (Wildman–Crippen LogP) is 5.63. The third kappa shape index (κ3) is 6.68. The van der Waals surface area contributed by atoms with E-state index in [9.17, 15) is 27.4 Å². The summed E-state index contributed by atoms with van der Waals surface area (Å²) in [7, 11) is -1.07. The van der Waals surface area contributed by atoms with E-state index in [0.29, 0.717) is 27.5 Å². The number of alkyl halides is 3. The summed E-state index contributed by atoms with van der Waals surface area (Å²) in [6.45, 7) is 1.82. The first-order valence-corrected chi connectivity index (χ1v) is 11.6. The van der Waals surface area contributed by atoms with Gasteiger partial charge in [-0.1, -0.05) is 43.3 Å². The molecule has 1 N–H and O–H groups in total. The molecule has 1 amide bonds. The number of para-hydroxylation sites is 1. The van der Waals surface area contributed by atoms with Crippen LogP contribution >= 0.6 is 0 Å². The molecule has 0 spiro atoms. The number of hydrogen-bond donors (Lipinski definition) is 1. The SMILES string of the molecule is CCS(=O)c1ccc(CC(=O)Nc2ccc(-c3ccccc3OC(F)(F)F)c(CC#N)c2)cc1.